The Morgan fingerprint density at radius 2 is 2.83 bits per heavy atom. The minimum absolute atomic E-state index is 0.473. The lowest BCUT2D eigenvalue weighted by molar-refractivity contribution is 0.265. The lowest BCUT2D eigenvalue weighted by Crippen LogP contribution is -1.92. The van der Waals surface area contributed by atoms with Crippen molar-refractivity contribution >= 4 is 15.9 Å². The van der Waals surface area contributed by atoms with E-state index in [0.29, 0.717) is 6.73 Å². The lowest BCUT2D eigenvalue weighted by Gasteiger charge is -1.80. The fraction of sp³-hybridized carbons (Fsp3) is 0.333. The highest BCUT2D eigenvalue weighted by Gasteiger charge is 1.97. The fourth-order valence-corrected chi connectivity index (χ4v) is 0.477. The van der Waals surface area contributed by atoms with Crippen molar-refractivity contribution in [3.05, 3.63) is 10.9 Å². The smallest absolute Gasteiger partial charge is 0.179 e. The highest BCUT2D eigenvalue weighted by molar-refractivity contribution is 9.11. The Labute approximate surface area is 44.3 Å². The third-order valence-electron chi connectivity index (χ3n) is 0.471. The van der Waals surface area contributed by atoms with Gasteiger partial charge in [0.1, 0.15) is 10.9 Å². The Hall–Kier alpha value is -0.180. The zero-order valence-electron chi connectivity index (χ0n) is 3.02. The van der Waals surface area contributed by atoms with Gasteiger partial charge in [0.2, 0.25) is 0 Å². The molecule has 0 saturated heterocycles. The average Bonchev–Trinajstić information content (AvgIpc) is 1.86. The number of ether oxygens (including phenoxy) is 1. The van der Waals surface area contributed by atoms with Gasteiger partial charge < -0.3 is 4.74 Å². The minimum Gasteiger partial charge on any atom is -0.476 e. The number of rotatable bonds is 0. The molecule has 1 rings (SSSR count). The summed E-state index contributed by atoms with van der Waals surface area (Å²) in [5, 5.41) is 3.79. The highest BCUT2D eigenvalue weighted by Crippen LogP contribution is 2.05. The van der Waals surface area contributed by atoms with Gasteiger partial charge in [-0.1, -0.05) is 0 Å². The highest BCUT2D eigenvalue weighted by atomic mass is 79.9. The van der Waals surface area contributed by atoms with E-state index in [1.54, 1.807) is 6.26 Å². The van der Waals surface area contributed by atoms with E-state index in [0.717, 1.165) is 4.61 Å². The molecule has 0 N–H and O–H groups in total. The second-order valence-corrected chi connectivity index (χ2v) is 1.71. The largest absolute Gasteiger partial charge is 0.476 e. The van der Waals surface area contributed by atoms with Crippen molar-refractivity contribution in [1.29, 1.82) is 0 Å². The van der Waals surface area contributed by atoms with Gasteiger partial charge in [0.25, 0.3) is 0 Å². The molecule has 0 atom stereocenters. The van der Waals surface area contributed by atoms with Crippen molar-refractivity contribution in [3.63, 3.8) is 0 Å². The van der Waals surface area contributed by atoms with Crippen molar-refractivity contribution in [2.24, 2.45) is 0 Å². The molecule has 2 nitrogen and oxygen atoms in total. The summed E-state index contributed by atoms with van der Waals surface area (Å²) in [5.74, 6) is 0. The zero-order chi connectivity index (χ0) is 4.41. The van der Waals surface area contributed by atoms with Gasteiger partial charge in [-0.05, 0) is 15.9 Å². The second-order valence-electron chi connectivity index (χ2n) is 0.894. The first-order valence-electron chi connectivity index (χ1n) is 1.54. The molecule has 6 heavy (non-hydrogen) atoms. The Kier molecular flexibility index (Phi) is 1.01. The van der Waals surface area contributed by atoms with Crippen molar-refractivity contribution in [2.75, 3.05) is 6.73 Å². The van der Waals surface area contributed by atoms with Gasteiger partial charge in [-0.15, -0.1) is 0 Å². The maximum Gasteiger partial charge on any atom is 0.179 e. The predicted octanol–water partition coefficient (Wildman–Crippen LogP) is 0.772. The third kappa shape index (κ3) is 0.653. The van der Waals surface area contributed by atoms with Crippen LogP contribution in [0.3, 0.4) is 0 Å². The second kappa shape index (κ2) is 1.51. The van der Waals surface area contributed by atoms with Crippen molar-refractivity contribution in [2.45, 2.75) is 0 Å². The summed E-state index contributed by atoms with van der Waals surface area (Å²) in [4.78, 5) is 0. The van der Waals surface area contributed by atoms with Crippen LogP contribution in [-0.2, 0) is 4.74 Å². The van der Waals surface area contributed by atoms with E-state index >= 15 is 0 Å². The van der Waals surface area contributed by atoms with E-state index in [1.165, 1.54) is 0 Å². The maximum atomic E-state index is 4.68. The van der Waals surface area contributed by atoms with E-state index in [1.807, 2.05) is 0 Å². The predicted molar refractivity (Wildman–Crippen MR) is 25.1 cm³/mol. The number of hydrogen-bond donors (Lipinski definition) is 0. The molecular formula is C3H3BrNO. The maximum absolute atomic E-state index is 4.68. The van der Waals surface area contributed by atoms with Gasteiger partial charge in [-0.25, -0.2) is 5.32 Å². The molecule has 0 aromatic rings. The van der Waals surface area contributed by atoms with E-state index < -0.39 is 0 Å². The number of nitrogens with zero attached hydrogens (tertiary/aromatic N) is 1. The van der Waals surface area contributed by atoms with Crippen LogP contribution in [0.25, 0.3) is 0 Å². The van der Waals surface area contributed by atoms with E-state index in [4.69, 9.17) is 0 Å². The van der Waals surface area contributed by atoms with Gasteiger partial charge in [-0.3, -0.25) is 0 Å². The monoisotopic (exact) mass is 148 g/mol. The van der Waals surface area contributed by atoms with Crippen LogP contribution in [0, 0.1) is 0 Å². The fourth-order valence-electron chi connectivity index (χ4n) is 0.242. The summed E-state index contributed by atoms with van der Waals surface area (Å²) in [6, 6.07) is 0. The van der Waals surface area contributed by atoms with Crippen LogP contribution in [0.4, 0.5) is 0 Å². The molecule has 0 saturated carbocycles. The first-order chi connectivity index (χ1) is 2.89. The third-order valence-corrected chi connectivity index (χ3v) is 0.908. The van der Waals surface area contributed by atoms with Gasteiger partial charge >= 0.3 is 0 Å². The first kappa shape index (κ1) is 3.99. The Morgan fingerprint density at radius 3 is 3.00 bits per heavy atom. The summed E-state index contributed by atoms with van der Waals surface area (Å²) in [5.41, 5.74) is 0. The molecule has 1 aliphatic rings. The first-order valence-corrected chi connectivity index (χ1v) is 2.33. The molecule has 0 aromatic carbocycles. The molecule has 0 aromatic heterocycles. The summed E-state index contributed by atoms with van der Waals surface area (Å²) < 4.78 is 5.48. The average molecular weight is 149 g/mol. The molecule has 0 bridgehead atoms. The topological polar surface area (TPSA) is 23.3 Å². The molecule has 33 valence electrons. The standard InChI is InChI=1S/C3H3BrNO/c4-3-1-6-2-5-3/h1H,2H2. The Bertz CT molecular complexity index is 80.9. The van der Waals surface area contributed by atoms with Crippen molar-refractivity contribution < 1.29 is 4.74 Å². The molecule has 0 unspecified atom stereocenters. The molecule has 0 spiro atoms. The molecule has 1 heterocycles. The van der Waals surface area contributed by atoms with Crippen LogP contribution < -0.4 is 5.32 Å². The van der Waals surface area contributed by atoms with Gasteiger partial charge in [-0.2, -0.15) is 0 Å². The summed E-state index contributed by atoms with van der Waals surface area (Å²) in [7, 11) is 0. The van der Waals surface area contributed by atoms with Crippen molar-refractivity contribution in [1.82, 2.24) is 5.32 Å². The summed E-state index contributed by atoms with van der Waals surface area (Å²) >= 11 is 3.11. The van der Waals surface area contributed by atoms with Gasteiger partial charge in [0.15, 0.2) is 6.73 Å². The number of halogens is 1. The molecule has 0 fully saturated rings. The Balaban J connectivity index is 2.45. The van der Waals surface area contributed by atoms with Gasteiger partial charge in [0.05, 0.1) is 0 Å². The van der Waals surface area contributed by atoms with Crippen LogP contribution in [0.5, 0.6) is 0 Å². The lowest BCUT2D eigenvalue weighted by atomic mass is 11.0. The van der Waals surface area contributed by atoms with Crippen molar-refractivity contribution in [3.8, 4) is 0 Å². The quantitative estimate of drug-likeness (QED) is 0.466. The number of hydrogen-bond acceptors (Lipinski definition) is 1. The van der Waals surface area contributed by atoms with Crippen LogP contribution in [-0.4, -0.2) is 6.73 Å². The molecular weight excluding hydrogens is 146 g/mol. The molecule has 3 heteroatoms. The Morgan fingerprint density at radius 1 is 2.00 bits per heavy atom. The molecule has 0 aliphatic carbocycles. The SMILES string of the molecule is BrC1=COC[N]1. The van der Waals surface area contributed by atoms with Crippen LogP contribution in [0.15, 0.2) is 10.9 Å². The van der Waals surface area contributed by atoms with E-state index in [-0.39, 0.29) is 0 Å². The minimum atomic E-state index is 0.473. The van der Waals surface area contributed by atoms with Crippen LogP contribution in [0.2, 0.25) is 0 Å². The van der Waals surface area contributed by atoms with Gasteiger partial charge in [0, 0.05) is 0 Å². The normalized spacial score (nSPS) is 18.5. The van der Waals surface area contributed by atoms with E-state index in [2.05, 4.69) is 26.0 Å². The van der Waals surface area contributed by atoms with Crippen LogP contribution in [0.1, 0.15) is 0 Å². The summed E-state index contributed by atoms with van der Waals surface area (Å²) in [6.45, 7) is 0.473. The molecule has 1 radical (unpaired) electrons. The van der Waals surface area contributed by atoms with Crippen LogP contribution >= 0.6 is 15.9 Å². The molecule has 0 amide bonds. The zero-order valence-corrected chi connectivity index (χ0v) is 4.60. The molecule has 1 aliphatic heterocycles. The summed E-state index contributed by atoms with van der Waals surface area (Å²) in [6.07, 6.45) is 1.57. The van der Waals surface area contributed by atoms with E-state index in [9.17, 15) is 0 Å².